The van der Waals surface area contributed by atoms with Gasteiger partial charge in [-0.2, -0.15) is 5.26 Å². The molecule has 80 valence electrons. The van der Waals surface area contributed by atoms with Crippen LogP contribution in [0.2, 0.25) is 0 Å². The quantitative estimate of drug-likeness (QED) is 0.632. The van der Waals surface area contributed by atoms with Gasteiger partial charge >= 0.3 is 0 Å². The minimum Gasteiger partial charge on any atom is -0.300 e. The summed E-state index contributed by atoms with van der Waals surface area (Å²) in [6, 6.07) is 9.60. The Labute approximate surface area is 97.8 Å². The molecule has 3 heterocycles. The molecule has 0 aromatic carbocycles. The highest BCUT2D eigenvalue weighted by Gasteiger charge is 2.03. The van der Waals surface area contributed by atoms with Crippen LogP contribution in [0.5, 0.6) is 0 Å². The van der Waals surface area contributed by atoms with Gasteiger partial charge in [0.2, 0.25) is 0 Å². The highest BCUT2D eigenvalue weighted by Crippen LogP contribution is 2.17. The maximum Gasteiger partial charge on any atom is 0.137 e. The minimum absolute atomic E-state index is 0.559. The Morgan fingerprint density at radius 3 is 2.82 bits per heavy atom. The lowest BCUT2D eigenvalue weighted by molar-refractivity contribution is 1.04. The van der Waals surface area contributed by atoms with Crippen molar-refractivity contribution in [1.82, 2.24) is 14.5 Å². The van der Waals surface area contributed by atoms with Crippen LogP contribution < -0.4 is 0 Å². The molecule has 0 N–H and O–H groups in total. The van der Waals surface area contributed by atoms with Gasteiger partial charge in [0.1, 0.15) is 11.9 Å². The van der Waals surface area contributed by atoms with Crippen molar-refractivity contribution in [3.63, 3.8) is 0 Å². The molecule has 0 unspecified atom stereocenters. The summed E-state index contributed by atoms with van der Waals surface area (Å²) in [6.07, 6.45) is 7.08. The van der Waals surface area contributed by atoms with E-state index in [0.717, 1.165) is 16.7 Å². The van der Waals surface area contributed by atoms with E-state index < -0.39 is 0 Å². The van der Waals surface area contributed by atoms with Crippen molar-refractivity contribution in [1.29, 1.82) is 5.26 Å². The summed E-state index contributed by atoms with van der Waals surface area (Å²) >= 11 is 0. The maximum absolute atomic E-state index is 8.72. The van der Waals surface area contributed by atoms with E-state index in [9.17, 15) is 0 Å². The van der Waals surface area contributed by atoms with Gasteiger partial charge in [-0.3, -0.25) is 9.55 Å². The molecule has 0 aliphatic carbocycles. The Balaban J connectivity index is 2.17. The number of nitrogens with zero attached hydrogens (tertiary/aromatic N) is 4. The first-order chi connectivity index (χ1) is 8.38. The Kier molecular flexibility index (Phi) is 2.09. The molecule has 3 rings (SSSR count). The van der Waals surface area contributed by atoms with Crippen LogP contribution in [0.4, 0.5) is 0 Å². The number of rotatable bonds is 1. The van der Waals surface area contributed by atoms with Crippen molar-refractivity contribution >= 4 is 10.9 Å². The van der Waals surface area contributed by atoms with Gasteiger partial charge in [0.15, 0.2) is 0 Å². The summed E-state index contributed by atoms with van der Waals surface area (Å²) < 4.78 is 1.95. The highest BCUT2D eigenvalue weighted by molar-refractivity contribution is 5.80. The smallest absolute Gasteiger partial charge is 0.137 e. The number of aromatic nitrogens is 3. The van der Waals surface area contributed by atoms with Crippen LogP contribution in [0.15, 0.2) is 49.1 Å². The second kappa shape index (κ2) is 3.72. The first kappa shape index (κ1) is 9.55. The summed E-state index contributed by atoms with van der Waals surface area (Å²) in [5.74, 6) is 0.784. The molecule has 0 aliphatic heterocycles. The van der Waals surface area contributed by atoms with Crippen molar-refractivity contribution in [2.45, 2.75) is 0 Å². The SMILES string of the molecule is N#Cc1ccc(-n2ccc3ccncc32)nc1. The number of nitriles is 1. The Morgan fingerprint density at radius 1 is 1.12 bits per heavy atom. The van der Waals surface area contributed by atoms with Crippen molar-refractivity contribution in [2.75, 3.05) is 0 Å². The molecule has 3 aromatic rings. The number of hydrogen-bond acceptors (Lipinski definition) is 3. The summed E-state index contributed by atoms with van der Waals surface area (Å²) in [7, 11) is 0. The monoisotopic (exact) mass is 220 g/mol. The second-order valence-electron chi connectivity index (χ2n) is 3.64. The lowest BCUT2D eigenvalue weighted by Gasteiger charge is -2.03. The van der Waals surface area contributed by atoms with Crippen LogP contribution >= 0.6 is 0 Å². The van der Waals surface area contributed by atoms with Gasteiger partial charge < -0.3 is 0 Å². The van der Waals surface area contributed by atoms with Gasteiger partial charge in [0.25, 0.3) is 0 Å². The molecular weight excluding hydrogens is 212 g/mol. The third-order valence-corrected chi connectivity index (χ3v) is 2.62. The highest BCUT2D eigenvalue weighted by atomic mass is 15.1. The van der Waals surface area contributed by atoms with Gasteiger partial charge in [0.05, 0.1) is 17.3 Å². The van der Waals surface area contributed by atoms with E-state index in [0.29, 0.717) is 5.56 Å². The maximum atomic E-state index is 8.72. The van der Waals surface area contributed by atoms with Gasteiger partial charge in [-0.1, -0.05) is 0 Å². The fourth-order valence-electron chi connectivity index (χ4n) is 1.77. The molecule has 4 nitrogen and oxygen atoms in total. The zero-order valence-electron chi connectivity index (χ0n) is 8.91. The summed E-state index contributed by atoms with van der Waals surface area (Å²) in [5, 5.41) is 9.84. The average molecular weight is 220 g/mol. The van der Waals surface area contributed by atoms with E-state index in [-0.39, 0.29) is 0 Å². The molecule has 17 heavy (non-hydrogen) atoms. The average Bonchev–Trinajstić information content (AvgIpc) is 2.83. The summed E-state index contributed by atoms with van der Waals surface area (Å²) in [4.78, 5) is 8.36. The molecule has 0 bridgehead atoms. The summed E-state index contributed by atoms with van der Waals surface area (Å²) in [6.45, 7) is 0. The molecule has 3 aromatic heterocycles. The lowest BCUT2D eigenvalue weighted by Crippen LogP contribution is -1.95. The Morgan fingerprint density at radius 2 is 2.06 bits per heavy atom. The number of pyridine rings is 2. The molecule has 0 radical (unpaired) electrons. The predicted octanol–water partition coefficient (Wildman–Crippen LogP) is 2.29. The summed E-state index contributed by atoms with van der Waals surface area (Å²) in [5.41, 5.74) is 1.56. The third kappa shape index (κ3) is 1.54. The minimum atomic E-state index is 0.559. The second-order valence-corrected chi connectivity index (χ2v) is 3.64. The van der Waals surface area contributed by atoms with E-state index in [1.165, 1.54) is 0 Å². The molecule has 0 amide bonds. The fourth-order valence-corrected chi connectivity index (χ4v) is 1.77. The van der Waals surface area contributed by atoms with Gasteiger partial charge in [-0.25, -0.2) is 4.98 Å². The van der Waals surface area contributed by atoms with Crippen LogP contribution in [-0.2, 0) is 0 Å². The van der Waals surface area contributed by atoms with E-state index >= 15 is 0 Å². The van der Waals surface area contributed by atoms with Crippen molar-refractivity contribution in [2.24, 2.45) is 0 Å². The molecular formula is C13H8N4. The Hall–Kier alpha value is -2.67. The molecule has 4 heteroatoms. The van der Waals surface area contributed by atoms with Crippen LogP contribution in [0, 0.1) is 11.3 Å². The zero-order valence-corrected chi connectivity index (χ0v) is 8.91. The normalized spacial score (nSPS) is 10.3. The van der Waals surface area contributed by atoms with E-state index in [4.69, 9.17) is 5.26 Å². The number of fused-ring (bicyclic) bond motifs is 1. The molecule has 0 atom stereocenters. The topological polar surface area (TPSA) is 54.5 Å². The first-order valence-corrected chi connectivity index (χ1v) is 5.16. The molecule has 0 spiro atoms. The third-order valence-electron chi connectivity index (χ3n) is 2.62. The standard InChI is InChI=1S/C13H8N4/c14-7-10-1-2-13(16-8-10)17-6-4-11-3-5-15-9-12(11)17/h1-6,8-9H. The van der Waals surface area contributed by atoms with E-state index in [1.54, 1.807) is 24.7 Å². The fraction of sp³-hybridized carbons (Fsp3) is 0. The van der Waals surface area contributed by atoms with Crippen LogP contribution in [0.25, 0.3) is 16.7 Å². The first-order valence-electron chi connectivity index (χ1n) is 5.16. The van der Waals surface area contributed by atoms with E-state index in [2.05, 4.69) is 16.0 Å². The molecule has 0 saturated carbocycles. The van der Waals surface area contributed by atoms with E-state index in [1.807, 2.05) is 29.0 Å². The zero-order chi connectivity index (χ0) is 11.7. The van der Waals surface area contributed by atoms with Crippen molar-refractivity contribution in [3.8, 4) is 11.9 Å². The van der Waals surface area contributed by atoms with Crippen LogP contribution in [-0.4, -0.2) is 14.5 Å². The Bertz CT molecular complexity index is 704. The largest absolute Gasteiger partial charge is 0.300 e. The van der Waals surface area contributed by atoms with Crippen molar-refractivity contribution in [3.05, 3.63) is 54.6 Å². The molecule has 0 fully saturated rings. The number of hydrogen-bond donors (Lipinski definition) is 0. The lowest BCUT2D eigenvalue weighted by atomic mass is 10.3. The van der Waals surface area contributed by atoms with Crippen LogP contribution in [0.3, 0.4) is 0 Å². The molecule has 0 aliphatic rings. The molecule has 0 saturated heterocycles. The van der Waals surface area contributed by atoms with Gasteiger partial charge in [-0.05, 0) is 24.3 Å². The predicted molar refractivity (Wildman–Crippen MR) is 63.6 cm³/mol. The van der Waals surface area contributed by atoms with Gasteiger partial charge in [-0.15, -0.1) is 0 Å². The van der Waals surface area contributed by atoms with Gasteiger partial charge in [0, 0.05) is 24.0 Å². The van der Waals surface area contributed by atoms with Crippen molar-refractivity contribution < 1.29 is 0 Å². The van der Waals surface area contributed by atoms with Crippen LogP contribution in [0.1, 0.15) is 5.56 Å².